The van der Waals surface area contributed by atoms with Crippen molar-refractivity contribution in [1.82, 2.24) is 10.2 Å². The van der Waals surface area contributed by atoms with Crippen LogP contribution < -0.4 is 5.32 Å². The third kappa shape index (κ3) is 3.96. The van der Waals surface area contributed by atoms with E-state index in [4.69, 9.17) is 0 Å². The van der Waals surface area contributed by atoms with Crippen molar-refractivity contribution < 1.29 is 0 Å². The summed E-state index contributed by atoms with van der Waals surface area (Å²) in [6.45, 7) is 13.2. The Hall–Kier alpha value is -0.0800. The number of hydrogen-bond donors (Lipinski definition) is 1. The van der Waals surface area contributed by atoms with Gasteiger partial charge in [0.05, 0.1) is 0 Å². The van der Waals surface area contributed by atoms with E-state index in [0.29, 0.717) is 11.5 Å². The van der Waals surface area contributed by atoms with Crippen LogP contribution in [-0.4, -0.2) is 36.6 Å². The van der Waals surface area contributed by atoms with Gasteiger partial charge in [-0.05, 0) is 37.1 Å². The van der Waals surface area contributed by atoms with E-state index in [9.17, 15) is 0 Å². The molecule has 0 aromatic carbocycles. The fraction of sp³-hybridized carbons (Fsp3) is 1.00. The third-order valence-corrected chi connectivity index (χ3v) is 4.80. The molecule has 2 fully saturated rings. The van der Waals surface area contributed by atoms with Crippen molar-refractivity contribution in [2.24, 2.45) is 11.3 Å². The Balaban J connectivity index is 1.81. The smallest absolute Gasteiger partial charge is 0.0244 e. The van der Waals surface area contributed by atoms with E-state index in [-0.39, 0.29) is 0 Å². The summed E-state index contributed by atoms with van der Waals surface area (Å²) >= 11 is 0. The second-order valence-electron chi connectivity index (χ2n) is 7.47. The van der Waals surface area contributed by atoms with E-state index in [0.717, 1.165) is 12.0 Å². The quantitative estimate of drug-likeness (QED) is 0.808. The molecular formula is C16H32N2. The predicted molar refractivity (Wildman–Crippen MR) is 78.9 cm³/mol. The zero-order valence-electron chi connectivity index (χ0n) is 12.8. The maximum Gasteiger partial charge on any atom is 0.0244 e. The predicted octanol–water partition coefficient (Wildman–Crippen LogP) is 3.28. The van der Waals surface area contributed by atoms with Gasteiger partial charge in [0.25, 0.3) is 0 Å². The summed E-state index contributed by atoms with van der Waals surface area (Å²) in [6.07, 6.45) is 7.18. The lowest BCUT2D eigenvalue weighted by atomic mass is 9.84. The summed E-state index contributed by atoms with van der Waals surface area (Å²) in [6, 6.07) is 1.42. The van der Waals surface area contributed by atoms with Crippen molar-refractivity contribution >= 4 is 0 Å². The third-order valence-electron chi connectivity index (χ3n) is 4.80. The first-order chi connectivity index (χ1) is 8.50. The molecule has 1 aliphatic heterocycles. The van der Waals surface area contributed by atoms with E-state index in [1.807, 2.05) is 0 Å². The highest BCUT2D eigenvalue weighted by Gasteiger charge is 2.33. The van der Waals surface area contributed by atoms with Crippen LogP contribution in [0.3, 0.4) is 0 Å². The molecule has 0 amide bonds. The SMILES string of the molecule is CCC1CNC(C(C)(C)C)CN1CCCC1CC1. The summed E-state index contributed by atoms with van der Waals surface area (Å²) in [4.78, 5) is 2.76. The molecule has 2 aliphatic rings. The molecular weight excluding hydrogens is 220 g/mol. The zero-order valence-corrected chi connectivity index (χ0v) is 12.8. The minimum Gasteiger partial charge on any atom is -0.311 e. The van der Waals surface area contributed by atoms with E-state index >= 15 is 0 Å². The van der Waals surface area contributed by atoms with Crippen molar-refractivity contribution in [1.29, 1.82) is 0 Å². The molecule has 1 saturated carbocycles. The van der Waals surface area contributed by atoms with Crippen molar-refractivity contribution in [3.8, 4) is 0 Å². The minimum absolute atomic E-state index is 0.382. The maximum absolute atomic E-state index is 3.76. The molecule has 0 radical (unpaired) electrons. The molecule has 1 aliphatic carbocycles. The summed E-state index contributed by atoms with van der Waals surface area (Å²) < 4.78 is 0. The summed E-state index contributed by atoms with van der Waals surface area (Å²) in [7, 11) is 0. The first kappa shape index (κ1) is 14.3. The summed E-state index contributed by atoms with van der Waals surface area (Å²) in [5.41, 5.74) is 0.382. The molecule has 2 nitrogen and oxygen atoms in total. The number of rotatable bonds is 5. The average molecular weight is 252 g/mol. The van der Waals surface area contributed by atoms with Crippen LogP contribution >= 0.6 is 0 Å². The van der Waals surface area contributed by atoms with Crippen LogP contribution in [0.15, 0.2) is 0 Å². The summed E-state index contributed by atoms with van der Waals surface area (Å²) in [5.74, 6) is 1.09. The maximum atomic E-state index is 3.76. The highest BCUT2D eigenvalue weighted by Crippen LogP contribution is 2.33. The monoisotopic (exact) mass is 252 g/mol. The molecule has 18 heavy (non-hydrogen) atoms. The Morgan fingerprint density at radius 3 is 2.50 bits per heavy atom. The van der Waals surface area contributed by atoms with Gasteiger partial charge in [-0.3, -0.25) is 4.90 Å². The van der Waals surface area contributed by atoms with E-state index in [2.05, 4.69) is 37.9 Å². The Morgan fingerprint density at radius 2 is 1.94 bits per heavy atom. The van der Waals surface area contributed by atoms with Crippen molar-refractivity contribution in [3.05, 3.63) is 0 Å². The highest BCUT2D eigenvalue weighted by molar-refractivity contribution is 4.91. The largest absolute Gasteiger partial charge is 0.311 e. The van der Waals surface area contributed by atoms with Crippen LogP contribution in [0.2, 0.25) is 0 Å². The molecule has 106 valence electrons. The highest BCUT2D eigenvalue weighted by atomic mass is 15.2. The molecule has 2 atom stereocenters. The van der Waals surface area contributed by atoms with Gasteiger partial charge in [-0.2, -0.15) is 0 Å². The molecule has 2 heteroatoms. The van der Waals surface area contributed by atoms with Gasteiger partial charge in [0.2, 0.25) is 0 Å². The molecule has 1 N–H and O–H groups in total. The number of nitrogens with zero attached hydrogens (tertiary/aromatic N) is 1. The molecule has 0 spiro atoms. The van der Waals surface area contributed by atoms with Crippen LogP contribution in [0.4, 0.5) is 0 Å². The number of nitrogens with one attached hydrogen (secondary N) is 1. The average Bonchev–Trinajstić information content (AvgIpc) is 3.12. The Kier molecular flexibility index (Phi) is 4.71. The van der Waals surface area contributed by atoms with Crippen molar-refractivity contribution in [3.63, 3.8) is 0 Å². The van der Waals surface area contributed by atoms with Gasteiger partial charge >= 0.3 is 0 Å². The standard InChI is InChI=1S/C16H32N2/c1-5-14-11-17-15(16(2,3)4)12-18(14)10-6-7-13-8-9-13/h13-15,17H,5-12H2,1-4H3. The van der Waals surface area contributed by atoms with Gasteiger partial charge in [-0.1, -0.05) is 40.5 Å². The van der Waals surface area contributed by atoms with Crippen LogP contribution in [0.5, 0.6) is 0 Å². The normalized spacial score (nSPS) is 30.7. The molecule has 1 heterocycles. The van der Waals surface area contributed by atoms with Gasteiger partial charge in [0.15, 0.2) is 0 Å². The van der Waals surface area contributed by atoms with E-state index in [1.165, 1.54) is 51.7 Å². The zero-order chi connectivity index (χ0) is 13.2. The topological polar surface area (TPSA) is 15.3 Å². The lowest BCUT2D eigenvalue weighted by Gasteiger charge is -2.45. The molecule has 2 unspecified atom stereocenters. The van der Waals surface area contributed by atoms with Crippen LogP contribution in [0, 0.1) is 11.3 Å². The van der Waals surface area contributed by atoms with Crippen LogP contribution in [-0.2, 0) is 0 Å². The first-order valence-electron chi connectivity index (χ1n) is 7.98. The fourth-order valence-corrected chi connectivity index (χ4v) is 3.10. The Bertz CT molecular complexity index is 252. The Morgan fingerprint density at radius 1 is 1.22 bits per heavy atom. The molecule has 2 rings (SSSR count). The van der Waals surface area contributed by atoms with Crippen molar-refractivity contribution in [2.75, 3.05) is 19.6 Å². The van der Waals surface area contributed by atoms with Crippen LogP contribution in [0.1, 0.15) is 59.8 Å². The number of hydrogen-bond acceptors (Lipinski definition) is 2. The molecule has 0 aromatic heterocycles. The minimum atomic E-state index is 0.382. The van der Waals surface area contributed by atoms with Crippen molar-refractivity contribution in [2.45, 2.75) is 71.9 Å². The number of piperazine rings is 1. The molecule has 0 aromatic rings. The van der Waals surface area contributed by atoms with Gasteiger partial charge in [-0.15, -0.1) is 0 Å². The summed E-state index contributed by atoms with van der Waals surface area (Å²) in [5, 5.41) is 3.76. The lowest BCUT2D eigenvalue weighted by Crippen LogP contribution is -2.60. The fourth-order valence-electron chi connectivity index (χ4n) is 3.10. The second-order valence-corrected chi connectivity index (χ2v) is 7.47. The van der Waals surface area contributed by atoms with E-state index < -0.39 is 0 Å². The first-order valence-corrected chi connectivity index (χ1v) is 7.98. The Labute approximate surface area is 114 Å². The van der Waals surface area contributed by atoms with Gasteiger partial charge < -0.3 is 5.32 Å². The molecule has 1 saturated heterocycles. The van der Waals surface area contributed by atoms with Gasteiger partial charge in [0, 0.05) is 25.2 Å². The molecule has 0 bridgehead atoms. The van der Waals surface area contributed by atoms with Gasteiger partial charge in [0.1, 0.15) is 0 Å². The second kappa shape index (κ2) is 5.92. The lowest BCUT2D eigenvalue weighted by molar-refractivity contribution is 0.0818. The van der Waals surface area contributed by atoms with Crippen LogP contribution in [0.25, 0.3) is 0 Å². The van der Waals surface area contributed by atoms with E-state index in [1.54, 1.807) is 0 Å². The van der Waals surface area contributed by atoms with Gasteiger partial charge in [-0.25, -0.2) is 0 Å².